The monoisotopic (exact) mass is 720 g/mol. The van der Waals surface area contributed by atoms with E-state index in [1.807, 2.05) is 54.6 Å². The quantitative estimate of drug-likeness (QED) is 0.138. The number of anilines is 1. The van der Waals surface area contributed by atoms with E-state index in [1.54, 1.807) is 0 Å². The van der Waals surface area contributed by atoms with Crippen LogP contribution in [-0.2, 0) is 33.7 Å². The lowest BCUT2D eigenvalue weighted by Gasteiger charge is -2.41. The second kappa shape index (κ2) is 13.7. The third kappa shape index (κ3) is 7.34. The molecule has 0 amide bonds. The van der Waals surface area contributed by atoms with Crippen molar-refractivity contribution in [3.63, 3.8) is 0 Å². The highest BCUT2D eigenvalue weighted by atomic mass is 32.2. The molecule has 0 bridgehead atoms. The Labute approximate surface area is 282 Å². The highest BCUT2D eigenvalue weighted by molar-refractivity contribution is 7.89. The number of halogens is 6. The van der Waals surface area contributed by atoms with E-state index in [1.165, 1.54) is 4.57 Å². The van der Waals surface area contributed by atoms with Gasteiger partial charge in [-0.05, 0) is 59.2 Å². The van der Waals surface area contributed by atoms with E-state index in [9.17, 15) is 45.0 Å². The fraction of sp³-hybridized carbons (Fsp3) is 0.265. The van der Waals surface area contributed by atoms with Gasteiger partial charge >= 0.3 is 12.4 Å². The second-order valence-electron chi connectivity index (χ2n) is 11.7. The molecule has 4 aromatic carbocycles. The molecule has 3 unspecified atom stereocenters. The number of imidazole rings is 1. The van der Waals surface area contributed by atoms with Crippen molar-refractivity contribution in [3.8, 4) is 11.1 Å². The first-order chi connectivity index (χ1) is 23.7. The van der Waals surface area contributed by atoms with Gasteiger partial charge in [-0.2, -0.15) is 26.3 Å². The summed E-state index contributed by atoms with van der Waals surface area (Å²) in [5, 5.41) is 25.0. The van der Waals surface area contributed by atoms with E-state index >= 15 is 0 Å². The smallest absolute Gasteiger partial charge is 0.394 e. The standard InChI is InChI=1S/C34H30F6N4O5S/c35-33(36,37)23-10-13-25(14-11-23)50(47,48)43-27-19-49-29(18-45)30(31(27)46)44-28-15-12-24(34(38,39)40)16-26(28)42-32(44)41-17-20-6-8-22(9-7-20)21-4-2-1-3-5-21/h1-16,27,29-31,43,45-46H,17-19H2,(H,41,42)/t27-,29?,30?,31?/m1/s1. The molecule has 2 heterocycles. The second-order valence-corrected chi connectivity index (χ2v) is 13.4. The zero-order valence-electron chi connectivity index (χ0n) is 25.9. The minimum absolute atomic E-state index is 0.00352. The minimum atomic E-state index is -4.69. The first-order valence-electron chi connectivity index (χ1n) is 15.2. The molecular formula is C34H30F6N4O5S. The van der Waals surface area contributed by atoms with E-state index in [0.717, 1.165) is 47.0 Å². The van der Waals surface area contributed by atoms with E-state index in [4.69, 9.17) is 4.74 Å². The Morgan fingerprint density at radius 3 is 2.08 bits per heavy atom. The zero-order valence-corrected chi connectivity index (χ0v) is 26.7. The van der Waals surface area contributed by atoms with Crippen molar-refractivity contribution in [1.82, 2.24) is 14.3 Å². The molecule has 9 nitrogen and oxygen atoms in total. The maximum Gasteiger partial charge on any atom is 0.416 e. The van der Waals surface area contributed by atoms with Crippen molar-refractivity contribution in [2.45, 2.75) is 48.1 Å². The summed E-state index contributed by atoms with van der Waals surface area (Å²) in [7, 11) is -4.50. The fourth-order valence-corrected chi connectivity index (χ4v) is 7.12. The number of alkyl halides is 6. The van der Waals surface area contributed by atoms with Crippen LogP contribution in [0.3, 0.4) is 0 Å². The molecule has 4 atom stereocenters. The lowest BCUT2D eigenvalue weighted by molar-refractivity contribution is -0.138. The maximum atomic E-state index is 13.6. The van der Waals surface area contributed by atoms with Crippen LogP contribution in [0.4, 0.5) is 32.3 Å². The van der Waals surface area contributed by atoms with Crippen molar-refractivity contribution in [2.24, 2.45) is 0 Å². The van der Waals surface area contributed by atoms with Crippen LogP contribution in [0.5, 0.6) is 0 Å². The van der Waals surface area contributed by atoms with Crippen LogP contribution in [-0.4, -0.2) is 59.6 Å². The van der Waals surface area contributed by atoms with Crippen LogP contribution in [0.15, 0.2) is 102 Å². The first-order valence-corrected chi connectivity index (χ1v) is 16.7. The molecule has 0 radical (unpaired) electrons. The number of nitrogens with one attached hydrogen (secondary N) is 2. The molecule has 0 aliphatic carbocycles. The summed E-state index contributed by atoms with van der Waals surface area (Å²) < 4.78 is 116. The van der Waals surface area contributed by atoms with E-state index in [0.29, 0.717) is 12.1 Å². The summed E-state index contributed by atoms with van der Waals surface area (Å²) in [5.74, 6) is 0.00352. The Bertz CT molecular complexity index is 2060. The summed E-state index contributed by atoms with van der Waals surface area (Å²) in [6, 6.07) is 20.0. The molecule has 6 rings (SSSR count). The van der Waals surface area contributed by atoms with E-state index in [-0.39, 0.29) is 23.5 Å². The Morgan fingerprint density at radius 1 is 0.840 bits per heavy atom. The molecule has 264 valence electrons. The molecule has 4 N–H and O–H groups in total. The Morgan fingerprint density at radius 2 is 1.46 bits per heavy atom. The number of aromatic nitrogens is 2. The van der Waals surface area contributed by atoms with Gasteiger partial charge in [0.15, 0.2) is 0 Å². The predicted molar refractivity (Wildman–Crippen MR) is 171 cm³/mol. The summed E-state index contributed by atoms with van der Waals surface area (Å²) >= 11 is 0. The van der Waals surface area contributed by atoms with E-state index in [2.05, 4.69) is 15.0 Å². The Hall–Kier alpha value is -4.48. The number of aliphatic hydroxyl groups excluding tert-OH is 2. The van der Waals surface area contributed by atoms with Crippen LogP contribution >= 0.6 is 0 Å². The van der Waals surface area contributed by atoms with Gasteiger partial charge in [-0.1, -0.05) is 54.6 Å². The minimum Gasteiger partial charge on any atom is -0.394 e. The molecule has 50 heavy (non-hydrogen) atoms. The summed E-state index contributed by atoms with van der Waals surface area (Å²) in [5.41, 5.74) is 0.726. The third-order valence-corrected chi connectivity index (χ3v) is 9.94. The number of hydrogen-bond donors (Lipinski definition) is 4. The first kappa shape index (κ1) is 35.3. The molecule has 16 heteroatoms. The molecule has 1 saturated heterocycles. The summed E-state index contributed by atoms with van der Waals surface area (Å²) in [4.78, 5) is 3.89. The van der Waals surface area contributed by atoms with Crippen LogP contribution in [0, 0.1) is 0 Å². The van der Waals surface area contributed by atoms with Crippen molar-refractivity contribution in [2.75, 3.05) is 18.5 Å². The largest absolute Gasteiger partial charge is 0.416 e. The fourth-order valence-electron chi connectivity index (χ4n) is 5.88. The molecule has 0 spiro atoms. The summed E-state index contributed by atoms with van der Waals surface area (Å²) in [6.45, 7) is -0.965. The molecule has 0 saturated carbocycles. The summed E-state index contributed by atoms with van der Waals surface area (Å²) in [6.07, 6.45) is -12.2. The average Bonchev–Trinajstić information content (AvgIpc) is 3.45. The van der Waals surface area contributed by atoms with Gasteiger partial charge in [0.05, 0.1) is 58.5 Å². The molecule has 1 fully saturated rings. The Balaban J connectivity index is 1.33. The predicted octanol–water partition coefficient (Wildman–Crippen LogP) is 5.99. The third-order valence-electron chi connectivity index (χ3n) is 8.44. The number of ether oxygens (including phenoxy) is 1. The normalized spacial score (nSPS) is 20.2. The lowest BCUT2D eigenvalue weighted by Crippen LogP contribution is -2.57. The van der Waals surface area contributed by atoms with Crippen molar-refractivity contribution in [1.29, 1.82) is 0 Å². The molecule has 1 aliphatic heterocycles. The number of hydrogen-bond acceptors (Lipinski definition) is 7. The van der Waals surface area contributed by atoms with Gasteiger partial charge < -0.3 is 24.8 Å². The Kier molecular flexibility index (Phi) is 9.67. The van der Waals surface area contributed by atoms with Crippen LogP contribution in [0.1, 0.15) is 22.7 Å². The van der Waals surface area contributed by atoms with Gasteiger partial charge in [-0.3, -0.25) is 0 Å². The van der Waals surface area contributed by atoms with Gasteiger partial charge in [0.25, 0.3) is 0 Å². The van der Waals surface area contributed by atoms with Crippen molar-refractivity contribution in [3.05, 3.63) is 114 Å². The van der Waals surface area contributed by atoms with Crippen LogP contribution in [0.25, 0.3) is 22.2 Å². The van der Waals surface area contributed by atoms with Gasteiger partial charge in [0.2, 0.25) is 16.0 Å². The number of aliphatic hydroxyl groups is 2. The van der Waals surface area contributed by atoms with Gasteiger partial charge in [-0.15, -0.1) is 0 Å². The molecule has 1 aromatic heterocycles. The van der Waals surface area contributed by atoms with E-state index < -0.39 is 75.9 Å². The van der Waals surface area contributed by atoms with Crippen LogP contribution in [0.2, 0.25) is 0 Å². The molecular weight excluding hydrogens is 690 g/mol. The maximum absolute atomic E-state index is 13.6. The van der Waals surface area contributed by atoms with Crippen molar-refractivity contribution < 1.29 is 49.7 Å². The van der Waals surface area contributed by atoms with Gasteiger partial charge in [-0.25, -0.2) is 18.1 Å². The van der Waals surface area contributed by atoms with Gasteiger partial charge in [0, 0.05) is 6.54 Å². The number of sulfonamides is 1. The lowest BCUT2D eigenvalue weighted by atomic mass is 9.95. The highest BCUT2D eigenvalue weighted by Gasteiger charge is 2.44. The zero-order chi connectivity index (χ0) is 35.8. The molecule has 1 aliphatic rings. The number of nitrogens with zero attached hydrogens (tertiary/aromatic N) is 2. The van der Waals surface area contributed by atoms with Crippen molar-refractivity contribution >= 4 is 27.0 Å². The number of fused-ring (bicyclic) bond motifs is 1. The topological polar surface area (TPSA) is 126 Å². The molecule has 5 aromatic rings. The SMILES string of the molecule is O=S(=O)(N[C@@H]1COC(CO)C(n2c(NCc3ccc(-c4ccccc4)cc3)nc3cc(C(F)(F)F)ccc32)C1O)c1ccc(C(F)(F)F)cc1. The van der Waals surface area contributed by atoms with Crippen LogP contribution < -0.4 is 10.0 Å². The number of rotatable bonds is 9. The average molecular weight is 721 g/mol. The van der Waals surface area contributed by atoms with Gasteiger partial charge in [0.1, 0.15) is 6.10 Å². The number of benzene rings is 4. The highest BCUT2D eigenvalue weighted by Crippen LogP contribution is 2.37.